The third kappa shape index (κ3) is 3.48. The predicted octanol–water partition coefficient (Wildman–Crippen LogP) is 2.73. The van der Waals surface area contributed by atoms with Gasteiger partial charge < -0.3 is 15.1 Å². The quantitative estimate of drug-likeness (QED) is 0.892. The van der Waals surface area contributed by atoms with Gasteiger partial charge in [-0.05, 0) is 44.3 Å². The molecule has 0 bridgehead atoms. The Kier molecular flexibility index (Phi) is 1.12. The van der Waals surface area contributed by atoms with Crippen LogP contribution in [0.5, 0.6) is 5.75 Å². The first-order valence-corrected chi connectivity index (χ1v) is 5.22. The van der Waals surface area contributed by atoms with E-state index in [1.165, 1.54) is 0 Å². The number of benzene rings is 1. The Morgan fingerprint density at radius 1 is 1.42 bits per heavy atom. The Labute approximate surface area is 142 Å². The first kappa shape index (κ1) is 3.58. The standard InChI is InChI=1S/C16H25NO2/c1-17(2)12-15(13-6-8-14(18)9-7-13)16(19)10-4-3-5-11-16/h6-9,15,18-19H,3-5,10-12H2,1-2H3/i1D3,2D3,3D2,4D2,5D2,8D,9D,10D2,11D2,15D. The van der Waals surface area contributed by atoms with E-state index in [2.05, 4.69) is 0 Å². The van der Waals surface area contributed by atoms with Crippen molar-refractivity contribution in [2.24, 2.45) is 0 Å². The average molecular weight is 282 g/mol. The van der Waals surface area contributed by atoms with Crippen LogP contribution in [0.1, 0.15) is 69.4 Å². The van der Waals surface area contributed by atoms with Crippen LogP contribution in [0.2, 0.25) is 0 Å². The van der Waals surface area contributed by atoms with Gasteiger partial charge in [0.2, 0.25) is 0 Å². The van der Waals surface area contributed by atoms with Crippen molar-refractivity contribution in [1.29, 1.82) is 0 Å². The summed E-state index contributed by atoms with van der Waals surface area (Å²) in [5.74, 6) is -4.80. The Morgan fingerprint density at radius 3 is 2.63 bits per heavy atom. The summed E-state index contributed by atoms with van der Waals surface area (Å²) >= 11 is 0. The number of nitrogens with zero attached hydrogens (tertiary/aromatic N) is 1. The van der Waals surface area contributed by atoms with Crippen LogP contribution in [0.4, 0.5) is 0 Å². The fourth-order valence-corrected chi connectivity index (χ4v) is 1.58. The fraction of sp³-hybridized carbons (Fsp3) is 0.625. The molecule has 1 fully saturated rings. The molecule has 1 aliphatic rings. The first-order chi connectivity index (χ1) is 16.4. The van der Waals surface area contributed by atoms with Crippen molar-refractivity contribution in [2.75, 3.05) is 20.5 Å². The molecule has 0 radical (unpaired) electrons. The van der Waals surface area contributed by atoms with Crippen molar-refractivity contribution in [3.8, 4) is 5.75 Å². The summed E-state index contributed by atoms with van der Waals surface area (Å²) in [4.78, 5) is -0.411. The molecule has 0 saturated heterocycles. The van der Waals surface area contributed by atoms with Gasteiger partial charge in [-0.2, -0.15) is 0 Å². The van der Waals surface area contributed by atoms with Crippen LogP contribution in [0.3, 0.4) is 0 Å². The van der Waals surface area contributed by atoms with Crippen molar-refractivity contribution in [3.63, 3.8) is 0 Å². The maximum Gasteiger partial charge on any atom is 0.115 e. The molecular formula is C16H25NO2. The highest BCUT2D eigenvalue weighted by Crippen LogP contribution is 2.40. The highest BCUT2D eigenvalue weighted by Gasteiger charge is 2.38. The van der Waals surface area contributed by atoms with E-state index in [0.717, 1.165) is 0 Å². The Morgan fingerprint density at radius 2 is 2.05 bits per heavy atom. The highest BCUT2D eigenvalue weighted by molar-refractivity contribution is 5.30. The number of phenols is 1. The molecule has 1 unspecified atom stereocenters. The maximum atomic E-state index is 11.9. The minimum atomic E-state index is -4.45. The van der Waals surface area contributed by atoms with E-state index in [1.54, 1.807) is 0 Å². The molecule has 0 aromatic heterocycles. The van der Waals surface area contributed by atoms with Crippen LogP contribution in [-0.4, -0.2) is 41.2 Å². The molecule has 2 N–H and O–H groups in total. The van der Waals surface area contributed by atoms with E-state index in [0.29, 0.717) is 12.1 Å². The second kappa shape index (κ2) is 5.93. The molecule has 0 amide bonds. The van der Waals surface area contributed by atoms with Crippen molar-refractivity contribution in [1.82, 2.24) is 4.90 Å². The number of rotatable bonds is 4. The monoisotopic (exact) mass is 282 g/mol. The van der Waals surface area contributed by atoms with Crippen molar-refractivity contribution in [2.45, 2.75) is 43.4 Å². The highest BCUT2D eigenvalue weighted by atomic mass is 16.3. The third-order valence-electron chi connectivity index (χ3n) is 2.44. The van der Waals surface area contributed by atoms with Crippen molar-refractivity contribution in [3.05, 3.63) is 29.8 Å². The van der Waals surface area contributed by atoms with E-state index in [9.17, 15) is 10.2 Å². The lowest BCUT2D eigenvalue weighted by Gasteiger charge is -2.40. The zero-order chi connectivity index (χ0) is 30.5. The van der Waals surface area contributed by atoms with Gasteiger partial charge in [-0.15, -0.1) is 0 Å². The number of aromatic hydroxyl groups is 1. The van der Waals surface area contributed by atoms with E-state index >= 15 is 0 Å². The van der Waals surface area contributed by atoms with Crippen LogP contribution >= 0.6 is 0 Å². The molecule has 1 aromatic carbocycles. The molecule has 0 heterocycles. The molecule has 0 aliphatic heterocycles. The first-order valence-electron chi connectivity index (χ1n) is 14.7. The molecule has 0 spiro atoms. The molecule has 106 valence electrons. The Balaban J connectivity index is 3.20. The van der Waals surface area contributed by atoms with Crippen LogP contribution in [0, 0.1) is 0 Å². The molecule has 1 saturated carbocycles. The molecule has 3 nitrogen and oxygen atoms in total. The molecule has 1 aromatic rings. The number of hydrogen-bond acceptors (Lipinski definition) is 3. The van der Waals surface area contributed by atoms with Gasteiger partial charge in [0.05, 0.1) is 8.34 Å². The summed E-state index contributed by atoms with van der Waals surface area (Å²) in [7, 11) is 0. The SMILES string of the molecule is [2H]c1cc(C([2H])(CN(C([2H])([2H])[2H])C([2H])([2H])[2H])C2(O)C([2H])([2H])C([2H])([2H])C([2H])([2H])C([2H])([2H])C2([2H])[2H])cc([2H])c1O. The third-order valence-corrected chi connectivity index (χ3v) is 2.44. The largest absolute Gasteiger partial charge is 0.508 e. The summed E-state index contributed by atoms with van der Waals surface area (Å²) in [6.45, 7) is -9.19. The normalized spacial score (nSPS) is 51.4. The minimum Gasteiger partial charge on any atom is -0.508 e. The van der Waals surface area contributed by atoms with Gasteiger partial charge in [-0.25, -0.2) is 0 Å². The van der Waals surface area contributed by atoms with Crippen LogP contribution in [-0.2, 0) is 0 Å². The van der Waals surface area contributed by atoms with Gasteiger partial charge in [-0.1, -0.05) is 31.3 Å². The summed E-state index contributed by atoms with van der Waals surface area (Å²) < 4.78 is 153. The lowest BCUT2D eigenvalue weighted by Crippen LogP contribution is -2.42. The van der Waals surface area contributed by atoms with Gasteiger partial charge in [0.15, 0.2) is 0 Å². The molecule has 3 heteroatoms. The summed E-state index contributed by atoms with van der Waals surface area (Å²) in [6.07, 6.45) is -20.9. The summed E-state index contributed by atoms with van der Waals surface area (Å²) in [5, 5.41) is 21.7. The smallest absolute Gasteiger partial charge is 0.115 e. The van der Waals surface area contributed by atoms with Crippen molar-refractivity contribution >= 4 is 0 Å². The number of hydrogen-bond donors (Lipinski definition) is 2. The average Bonchev–Trinajstić information content (AvgIpc) is 2.71. The van der Waals surface area contributed by atoms with Gasteiger partial charge >= 0.3 is 0 Å². The van der Waals surface area contributed by atoms with E-state index in [-0.39, 0.29) is 0 Å². The van der Waals surface area contributed by atoms with Gasteiger partial charge in [0.1, 0.15) is 5.75 Å². The zero-order valence-corrected chi connectivity index (χ0v) is 9.70. The van der Waals surface area contributed by atoms with Gasteiger partial charge in [0.25, 0.3) is 0 Å². The van der Waals surface area contributed by atoms with E-state index < -0.39 is 92.2 Å². The predicted molar refractivity (Wildman–Crippen MR) is 77.4 cm³/mol. The number of phenolic OH excluding ortho intramolecular Hbond substituents is 1. The van der Waals surface area contributed by atoms with E-state index in [1.807, 2.05) is 0 Å². The zero-order valence-electron chi connectivity index (χ0n) is 28.7. The number of aliphatic hydroxyl groups is 1. The lowest BCUT2D eigenvalue weighted by molar-refractivity contribution is -0.0277. The topological polar surface area (TPSA) is 43.7 Å². The molecule has 1 atom stereocenters. The number of likely N-dealkylation sites (N-methyl/N-ethyl adjacent to an activating group) is 1. The summed E-state index contributed by atoms with van der Waals surface area (Å²) in [5.41, 5.74) is -5.50. The van der Waals surface area contributed by atoms with Crippen LogP contribution in [0.25, 0.3) is 0 Å². The molecular weight excluding hydrogens is 238 g/mol. The Hall–Kier alpha value is -1.06. The molecule has 19 heavy (non-hydrogen) atoms. The minimum absolute atomic E-state index is 0.411. The fourth-order valence-electron chi connectivity index (χ4n) is 1.58. The van der Waals surface area contributed by atoms with Crippen LogP contribution < -0.4 is 0 Å². The van der Waals surface area contributed by atoms with Crippen molar-refractivity contribution < 1.29 is 36.3 Å². The molecule has 1 aliphatic carbocycles. The second-order valence-electron chi connectivity index (χ2n) is 3.78. The van der Waals surface area contributed by atoms with Gasteiger partial charge in [0, 0.05) is 35.7 Å². The van der Waals surface area contributed by atoms with Gasteiger partial charge in [-0.3, -0.25) is 0 Å². The maximum absolute atomic E-state index is 11.9. The lowest BCUT2D eigenvalue weighted by atomic mass is 9.72. The Bertz CT molecular complexity index is 1030. The second-order valence-corrected chi connectivity index (χ2v) is 3.78. The summed E-state index contributed by atoms with van der Waals surface area (Å²) in [6, 6.07) is -1.06. The molecule has 2 rings (SSSR count). The van der Waals surface area contributed by atoms with E-state index in [4.69, 9.17) is 26.0 Å². The van der Waals surface area contributed by atoms with Crippen LogP contribution in [0.15, 0.2) is 24.2 Å².